The number of halogens is 1. The molecular formula is C16H13FN4O3. The Morgan fingerprint density at radius 1 is 1.29 bits per heavy atom. The number of benzene rings is 1. The van der Waals surface area contributed by atoms with E-state index in [4.69, 9.17) is 9.84 Å². The second kappa shape index (κ2) is 6.45. The van der Waals surface area contributed by atoms with Crippen LogP contribution in [0.25, 0.3) is 11.3 Å². The van der Waals surface area contributed by atoms with Crippen LogP contribution in [0.15, 0.2) is 42.6 Å². The first kappa shape index (κ1) is 15.6. The average Bonchev–Trinajstić information content (AvgIpc) is 2.94. The number of carboxylic acids is 1. The quantitative estimate of drug-likeness (QED) is 0.773. The maximum atomic E-state index is 14.0. The van der Waals surface area contributed by atoms with Gasteiger partial charge in [-0.25, -0.2) is 18.9 Å². The topological polar surface area (TPSA) is 90.1 Å². The summed E-state index contributed by atoms with van der Waals surface area (Å²) in [6.07, 6.45) is 1.21. The molecule has 0 fully saturated rings. The number of nitrogens with zero attached hydrogens (tertiary/aromatic N) is 4. The van der Waals surface area contributed by atoms with E-state index in [9.17, 15) is 9.18 Å². The zero-order valence-corrected chi connectivity index (χ0v) is 12.7. The van der Waals surface area contributed by atoms with E-state index in [1.54, 1.807) is 25.2 Å². The molecule has 0 aliphatic carbocycles. The van der Waals surface area contributed by atoms with E-state index < -0.39 is 11.8 Å². The van der Waals surface area contributed by atoms with Crippen molar-refractivity contribution < 1.29 is 19.0 Å². The van der Waals surface area contributed by atoms with Gasteiger partial charge in [0.25, 0.3) is 0 Å². The molecule has 0 aliphatic heterocycles. The van der Waals surface area contributed by atoms with Gasteiger partial charge in [-0.05, 0) is 18.2 Å². The smallest absolute Gasteiger partial charge is 0.337 e. The van der Waals surface area contributed by atoms with Crippen molar-refractivity contribution in [1.29, 1.82) is 0 Å². The summed E-state index contributed by atoms with van der Waals surface area (Å²) < 4.78 is 21.0. The largest absolute Gasteiger partial charge is 0.478 e. The maximum absolute atomic E-state index is 14.0. The molecule has 0 radical (unpaired) electrons. The van der Waals surface area contributed by atoms with Gasteiger partial charge in [-0.2, -0.15) is 0 Å². The number of aromatic nitrogens is 4. The zero-order chi connectivity index (χ0) is 17.1. The molecule has 7 nitrogen and oxygen atoms in total. The first-order valence-electron chi connectivity index (χ1n) is 7.02. The Balaban J connectivity index is 1.82. The molecule has 0 spiro atoms. The number of rotatable bonds is 5. The van der Waals surface area contributed by atoms with Gasteiger partial charge in [0.15, 0.2) is 0 Å². The minimum Gasteiger partial charge on any atom is -0.478 e. The lowest BCUT2D eigenvalue weighted by Crippen LogP contribution is -2.06. The molecule has 0 saturated heterocycles. The summed E-state index contributed by atoms with van der Waals surface area (Å²) in [6, 6.07) is 9.12. The summed E-state index contributed by atoms with van der Waals surface area (Å²) in [6.45, 7) is 0.0621. The molecule has 0 aliphatic rings. The van der Waals surface area contributed by atoms with Crippen molar-refractivity contribution in [3.8, 4) is 17.1 Å². The predicted octanol–water partition coefficient (Wildman–Crippen LogP) is 2.29. The molecule has 0 atom stereocenters. The van der Waals surface area contributed by atoms with Crippen molar-refractivity contribution in [2.75, 3.05) is 0 Å². The van der Waals surface area contributed by atoms with Gasteiger partial charge in [-0.15, -0.1) is 5.10 Å². The first-order valence-corrected chi connectivity index (χ1v) is 7.02. The van der Waals surface area contributed by atoms with Crippen LogP contribution in [-0.4, -0.2) is 31.1 Å². The van der Waals surface area contributed by atoms with Crippen LogP contribution in [-0.2, 0) is 13.7 Å². The van der Waals surface area contributed by atoms with Crippen LogP contribution in [0.5, 0.6) is 5.88 Å². The SMILES string of the molecule is Cn1nnc(-c2ccccc2F)c1COc1ccc(C(=O)O)cn1. The fourth-order valence-corrected chi connectivity index (χ4v) is 2.14. The first-order chi connectivity index (χ1) is 11.6. The number of pyridine rings is 1. The second-order valence-corrected chi connectivity index (χ2v) is 4.97. The van der Waals surface area contributed by atoms with Gasteiger partial charge in [-0.1, -0.05) is 17.3 Å². The standard InChI is InChI=1S/C16H13FN4O3/c1-21-13(9-24-14-7-6-10(8-18-14)16(22)23)15(19-20-21)11-4-2-3-5-12(11)17/h2-8H,9H2,1H3,(H,22,23). The third-order valence-corrected chi connectivity index (χ3v) is 3.41. The van der Waals surface area contributed by atoms with Gasteiger partial charge < -0.3 is 9.84 Å². The molecule has 1 N–H and O–H groups in total. The van der Waals surface area contributed by atoms with Crippen molar-refractivity contribution in [3.63, 3.8) is 0 Å². The molecule has 24 heavy (non-hydrogen) atoms. The van der Waals surface area contributed by atoms with Crippen LogP contribution in [0.3, 0.4) is 0 Å². The zero-order valence-electron chi connectivity index (χ0n) is 12.7. The average molecular weight is 328 g/mol. The van der Waals surface area contributed by atoms with Crippen molar-refractivity contribution in [1.82, 2.24) is 20.0 Å². The van der Waals surface area contributed by atoms with Crippen LogP contribution in [0.1, 0.15) is 16.1 Å². The lowest BCUT2D eigenvalue weighted by Gasteiger charge is -2.08. The third-order valence-electron chi connectivity index (χ3n) is 3.41. The molecule has 0 unspecified atom stereocenters. The molecule has 1 aromatic carbocycles. The molecule has 0 amide bonds. The number of aryl methyl sites for hydroxylation is 1. The molecule has 2 aromatic heterocycles. The Hall–Kier alpha value is -3.29. The lowest BCUT2D eigenvalue weighted by molar-refractivity contribution is 0.0696. The molecule has 0 saturated carbocycles. The van der Waals surface area contributed by atoms with Crippen LogP contribution < -0.4 is 4.74 Å². The Bertz CT molecular complexity index is 877. The van der Waals surface area contributed by atoms with Gasteiger partial charge in [0.2, 0.25) is 5.88 Å². The fraction of sp³-hybridized carbons (Fsp3) is 0.125. The number of carboxylic acid groups (broad SMARTS) is 1. The molecule has 8 heteroatoms. The van der Waals surface area contributed by atoms with E-state index in [0.29, 0.717) is 17.0 Å². The van der Waals surface area contributed by atoms with Gasteiger partial charge >= 0.3 is 5.97 Å². The summed E-state index contributed by atoms with van der Waals surface area (Å²) in [5, 5.41) is 16.7. The Kier molecular flexibility index (Phi) is 4.19. The summed E-state index contributed by atoms with van der Waals surface area (Å²) in [4.78, 5) is 14.7. The monoisotopic (exact) mass is 328 g/mol. The van der Waals surface area contributed by atoms with Crippen LogP contribution >= 0.6 is 0 Å². The maximum Gasteiger partial charge on any atom is 0.337 e. The van der Waals surface area contributed by atoms with Crippen molar-refractivity contribution >= 4 is 5.97 Å². The number of hydrogen-bond acceptors (Lipinski definition) is 5. The lowest BCUT2D eigenvalue weighted by atomic mass is 10.1. The highest BCUT2D eigenvalue weighted by atomic mass is 19.1. The number of hydrogen-bond donors (Lipinski definition) is 1. The van der Waals surface area contributed by atoms with E-state index in [1.165, 1.54) is 29.1 Å². The van der Waals surface area contributed by atoms with Crippen LogP contribution in [0.4, 0.5) is 4.39 Å². The molecular weight excluding hydrogens is 315 g/mol. The minimum absolute atomic E-state index is 0.0621. The molecule has 3 rings (SSSR count). The summed E-state index contributed by atoms with van der Waals surface area (Å²) in [5.74, 6) is -1.21. The van der Waals surface area contributed by atoms with E-state index >= 15 is 0 Å². The molecule has 3 aromatic rings. The Morgan fingerprint density at radius 3 is 2.75 bits per heavy atom. The highest BCUT2D eigenvalue weighted by Crippen LogP contribution is 2.24. The summed E-state index contributed by atoms with van der Waals surface area (Å²) in [7, 11) is 1.68. The highest BCUT2D eigenvalue weighted by molar-refractivity contribution is 5.87. The number of carbonyl (C=O) groups is 1. The van der Waals surface area contributed by atoms with Crippen LogP contribution in [0.2, 0.25) is 0 Å². The Morgan fingerprint density at radius 2 is 2.08 bits per heavy atom. The van der Waals surface area contributed by atoms with E-state index in [2.05, 4.69) is 15.3 Å². The van der Waals surface area contributed by atoms with Gasteiger partial charge in [0.05, 0.1) is 5.56 Å². The minimum atomic E-state index is -1.06. The number of ether oxygens (including phenoxy) is 1. The normalized spacial score (nSPS) is 10.6. The second-order valence-electron chi connectivity index (χ2n) is 4.97. The van der Waals surface area contributed by atoms with E-state index in [1.807, 2.05) is 0 Å². The molecule has 122 valence electrons. The predicted molar refractivity (Wildman–Crippen MR) is 81.9 cm³/mol. The van der Waals surface area contributed by atoms with E-state index in [0.717, 1.165) is 0 Å². The highest BCUT2D eigenvalue weighted by Gasteiger charge is 2.16. The molecule has 0 bridgehead atoms. The van der Waals surface area contributed by atoms with Crippen LogP contribution in [0, 0.1) is 5.82 Å². The van der Waals surface area contributed by atoms with Gasteiger partial charge in [0.1, 0.15) is 23.8 Å². The summed E-state index contributed by atoms with van der Waals surface area (Å²) in [5.41, 5.74) is 1.36. The van der Waals surface area contributed by atoms with Gasteiger partial charge in [-0.3, -0.25) is 0 Å². The summed E-state index contributed by atoms with van der Waals surface area (Å²) >= 11 is 0. The molecule has 2 heterocycles. The Labute approximate surface area is 136 Å². The number of aromatic carboxylic acids is 1. The van der Waals surface area contributed by atoms with Crippen molar-refractivity contribution in [2.45, 2.75) is 6.61 Å². The van der Waals surface area contributed by atoms with Gasteiger partial charge in [0, 0.05) is 24.9 Å². The van der Waals surface area contributed by atoms with E-state index in [-0.39, 0.29) is 18.1 Å². The fourth-order valence-electron chi connectivity index (χ4n) is 2.14. The third kappa shape index (κ3) is 3.07. The van der Waals surface area contributed by atoms with Crippen molar-refractivity contribution in [3.05, 3.63) is 59.7 Å². The van der Waals surface area contributed by atoms with Crippen molar-refractivity contribution in [2.24, 2.45) is 7.05 Å².